The monoisotopic (exact) mass is 330 g/mol. The van der Waals surface area contributed by atoms with Crippen LogP contribution < -0.4 is 10.2 Å². The molecular formula is C18H22N2O4. The number of carbonyl (C=O) groups is 3. The lowest BCUT2D eigenvalue weighted by molar-refractivity contribution is -0.141. The van der Waals surface area contributed by atoms with Crippen LogP contribution in [0.3, 0.4) is 0 Å². The molecule has 128 valence electrons. The Labute approximate surface area is 141 Å². The van der Waals surface area contributed by atoms with Gasteiger partial charge in [-0.05, 0) is 37.1 Å². The summed E-state index contributed by atoms with van der Waals surface area (Å²) < 4.78 is 4.56. The molecule has 1 heterocycles. The zero-order valence-electron chi connectivity index (χ0n) is 14.0. The number of nitrogens with zero attached hydrogens (tertiary/aromatic N) is 1. The average molecular weight is 330 g/mol. The lowest BCUT2D eigenvalue weighted by Gasteiger charge is -2.15. The van der Waals surface area contributed by atoms with Crippen LogP contribution in [0.1, 0.15) is 31.7 Å². The fraction of sp³-hybridized carbons (Fsp3) is 0.389. The van der Waals surface area contributed by atoms with Gasteiger partial charge in [0.05, 0.1) is 13.5 Å². The van der Waals surface area contributed by atoms with Crippen molar-refractivity contribution in [3.63, 3.8) is 0 Å². The van der Waals surface area contributed by atoms with Gasteiger partial charge in [0.2, 0.25) is 11.8 Å². The molecule has 0 spiro atoms. The molecule has 6 heteroatoms. The topological polar surface area (TPSA) is 75.7 Å². The average Bonchev–Trinajstić information content (AvgIpc) is 2.99. The number of hydrogen-bond acceptors (Lipinski definition) is 4. The lowest BCUT2D eigenvalue weighted by Crippen LogP contribution is -2.33. The number of carbonyl (C=O) groups excluding carboxylic acids is 3. The van der Waals surface area contributed by atoms with E-state index in [9.17, 15) is 14.4 Å². The third-order valence-electron chi connectivity index (χ3n) is 3.79. The van der Waals surface area contributed by atoms with Crippen LogP contribution in [0.15, 0.2) is 30.3 Å². The van der Waals surface area contributed by atoms with Gasteiger partial charge in [0, 0.05) is 30.8 Å². The Hall–Kier alpha value is -2.63. The van der Waals surface area contributed by atoms with Crippen LogP contribution in [0.4, 0.5) is 5.69 Å². The van der Waals surface area contributed by atoms with Crippen LogP contribution in [0.2, 0.25) is 0 Å². The molecule has 0 bridgehead atoms. The van der Waals surface area contributed by atoms with Gasteiger partial charge in [0.15, 0.2) is 0 Å². The minimum Gasteiger partial charge on any atom is -0.469 e. The van der Waals surface area contributed by atoms with Gasteiger partial charge >= 0.3 is 5.97 Å². The number of nitrogens with one attached hydrogen (secondary N) is 1. The van der Waals surface area contributed by atoms with Crippen molar-refractivity contribution in [1.82, 2.24) is 5.32 Å². The largest absolute Gasteiger partial charge is 0.469 e. The van der Waals surface area contributed by atoms with Gasteiger partial charge in [-0.2, -0.15) is 0 Å². The normalized spacial score (nSPS) is 15.6. The maximum atomic E-state index is 11.8. The van der Waals surface area contributed by atoms with Gasteiger partial charge in [0.25, 0.3) is 0 Å². The smallest absolute Gasteiger partial charge is 0.307 e. The molecule has 0 aromatic heterocycles. The predicted molar refractivity (Wildman–Crippen MR) is 91.3 cm³/mol. The van der Waals surface area contributed by atoms with Crippen molar-refractivity contribution >= 4 is 29.5 Å². The molecule has 1 N–H and O–H groups in total. The molecule has 2 rings (SSSR count). The second-order valence-corrected chi connectivity index (χ2v) is 5.76. The van der Waals surface area contributed by atoms with Crippen molar-refractivity contribution in [1.29, 1.82) is 0 Å². The zero-order chi connectivity index (χ0) is 17.5. The van der Waals surface area contributed by atoms with Crippen LogP contribution in [-0.2, 0) is 19.1 Å². The number of methoxy groups -OCH3 is 1. The summed E-state index contributed by atoms with van der Waals surface area (Å²) in [6, 6.07) is 7.19. The Bertz CT molecular complexity index is 637. The first kappa shape index (κ1) is 17.7. The SMILES string of the molecule is COC(=O)CC(C)NC(=O)/C=C/c1ccc(N2CCCC2=O)cc1. The summed E-state index contributed by atoms with van der Waals surface area (Å²) in [6.45, 7) is 2.50. The van der Waals surface area contributed by atoms with Crippen molar-refractivity contribution in [3.8, 4) is 0 Å². The van der Waals surface area contributed by atoms with Crippen LogP contribution in [0, 0.1) is 0 Å². The van der Waals surface area contributed by atoms with Crippen molar-refractivity contribution < 1.29 is 19.1 Å². The van der Waals surface area contributed by atoms with Crippen molar-refractivity contribution in [2.75, 3.05) is 18.6 Å². The van der Waals surface area contributed by atoms with E-state index in [1.165, 1.54) is 13.2 Å². The molecule has 1 aromatic rings. The molecule has 1 unspecified atom stereocenters. The number of anilines is 1. The molecule has 1 atom stereocenters. The Kier molecular flexibility index (Phi) is 6.12. The maximum absolute atomic E-state index is 11.8. The molecule has 2 amide bonds. The summed E-state index contributed by atoms with van der Waals surface area (Å²) >= 11 is 0. The van der Waals surface area contributed by atoms with Gasteiger partial charge in [0.1, 0.15) is 0 Å². The molecule has 1 aromatic carbocycles. The zero-order valence-corrected chi connectivity index (χ0v) is 14.0. The summed E-state index contributed by atoms with van der Waals surface area (Å²) in [4.78, 5) is 36.4. The van der Waals surface area contributed by atoms with Gasteiger partial charge in [-0.1, -0.05) is 12.1 Å². The van der Waals surface area contributed by atoms with Crippen LogP contribution >= 0.6 is 0 Å². The molecule has 6 nitrogen and oxygen atoms in total. The third kappa shape index (κ3) is 4.94. The second kappa shape index (κ2) is 8.29. The van der Waals surface area contributed by atoms with Crippen molar-refractivity contribution in [2.45, 2.75) is 32.2 Å². The van der Waals surface area contributed by atoms with Gasteiger partial charge in [-0.15, -0.1) is 0 Å². The Morgan fingerprint density at radius 2 is 2.04 bits per heavy atom. The fourth-order valence-corrected chi connectivity index (χ4v) is 2.53. The third-order valence-corrected chi connectivity index (χ3v) is 3.79. The Balaban J connectivity index is 1.88. The number of rotatable bonds is 6. The number of hydrogen-bond donors (Lipinski definition) is 1. The van der Waals surface area contributed by atoms with E-state index in [-0.39, 0.29) is 30.2 Å². The molecule has 0 aliphatic carbocycles. The number of amides is 2. The highest BCUT2D eigenvalue weighted by atomic mass is 16.5. The molecule has 1 fully saturated rings. The van der Waals surface area contributed by atoms with Gasteiger partial charge in [-0.3, -0.25) is 14.4 Å². The fourth-order valence-electron chi connectivity index (χ4n) is 2.53. The summed E-state index contributed by atoms with van der Waals surface area (Å²) in [7, 11) is 1.32. The van der Waals surface area contributed by atoms with Gasteiger partial charge < -0.3 is 15.0 Å². The molecule has 1 aliphatic heterocycles. The molecule has 1 saturated heterocycles. The van der Waals surface area contributed by atoms with Gasteiger partial charge in [-0.25, -0.2) is 0 Å². The summed E-state index contributed by atoms with van der Waals surface area (Å²) in [5, 5.41) is 2.70. The van der Waals surface area contributed by atoms with Crippen molar-refractivity contribution in [2.24, 2.45) is 0 Å². The van der Waals surface area contributed by atoms with E-state index in [0.717, 1.165) is 24.2 Å². The van der Waals surface area contributed by atoms with E-state index in [2.05, 4.69) is 10.1 Å². The summed E-state index contributed by atoms with van der Waals surface area (Å²) in [5.41, 5.74) is 1.74. The number of ether oxygens (including phenoxy) is 1. The van der Waals surface area contributed by atoms with E-state index >= 15 is 0 Å². The standard InChI is InChI=1S/C18H22N2O4/c1-13(12-18(23)24-2)19-16(21)10-7-14-5-8-15(9-6-14)20-11-3-4-17(20)22/h5-10,13H,3-4,11-12H2,1-2H3,(H,19,21)/b10-7+. The Morgan fingerprint density at radius 3 is 2.62 bits per heavy atom. The number of benzene rings is 1. The summed E-state index contributed by atoms with van der Waals surface area (Å²) in [5.74, 6) is -0.485. The predicted octanol–water partition coefficient (Wildman–Crippen LogP) is 1.89. The van der Waals surface area contributed by atoms with E-state index in [1.807, 2.05) is 24.3 Å². The highest BCUT2D eigenvalue weighted by molar-refractivity contribution is 5.95. The Morgan fingerprint density at radius 1 is 1.33 bits per heavy atom. The van der Waals surface area contributed by atoms with Crippen LogP contribution in [0.25, 0.3) is 6.08 Å². The quantitative estimate of drug-likeness (QED) is 0.638. The van der Waals surface area contributed by atoms with Crippen LogP contribution in [0.5, 0.6) is 0 Å². The molecule has 1 aliphatic rings. The highest BCUT2D eigenvalue weighted by Crippen LogP contribution is 2.21. The lowest BCUT2D eigenvalue weighted by atomic mass is 10.1. The highest BCUT2D eigenvalue weighted by Gasteiger charge is 2.21. The number of esters is 1. The molecule has 24 heavy (non-hydrogen) atoms. The first-order valence-corrected chi connectivity index (χ1v) is 7.95. The van der Waals surface area contributed by atoms with E-state index in [1.54, 1.807) is 17.9 Å². The first-order chi connectivity index (χ1) is 11.5. The minimum atomic E-state index is -0.362. The van der Waals surface area contributed by atoms with Crippen molar-refractivity contribution in [3.05, 3.63) is 35.9 Å². The van der Waals surface area contributed by atoms with Crippen LogP contribution in [-0.4, -0.2) is 37.5 Å². The minimum absolute atomic E-state index is 0.134. The first-order valence-electron chi connectivity index (χ1n) is 7.95. The van der Waals surface area contributed by atoms with E-state index in [4.69, 9.17) is 0 Å². The second-order valence-electron chi connectivity index (χ2n) is 5.76. The summed E-state index contributed by atoms with van der Waals surface area (Å²) in [6.07, 6.45) is 4.74. The molecule has 0 radical (unpaired) electrons. The maximum Gasteiger partial charge on any atom is 0.307 e. The molecule has 0 saturated carbocycles. The van der Waals surface area contributed by atoms with E-state index < -0.39 is 0 Å². The molecular weight excluding hydrogens is 308 g/mol. The van der Waals surface area contributed by atoms with E-state index in [0.29, 0.717) is 6.42 Å².